The third kappa shape index (κ3) is 4.95. The van der Waals surface area contributed by atoms with E-state index in [0.29, 0.717) is 25.2 Å². The predicted octanol–water partition coefficient (Wildman–Crippen LogP) is 1.37. The molecule has 0 spiro atoms. The number of β-amino-alcohol motifs (C(OH)–C–C–N with tert-alkyl or cyclic N) is 1. The monoisotopic (exact) mass is 292 g/mol. The number of carbonyl (C=O) groups is 1. The van der Waals surface area contributed by atoms with Crippen LogP contribution in [0.4, 0.5) is 4.39 Å². The van der Waals surface area contributed by atoms with Gasteiger partial charge < -0.3 is 10.0 Å². The summed E-state index contributed by atoms with van der Waals surface area (Å²) in [5.41, 5.74) is 0.681. The first-order valence-corrected chi connectivity index (χ1v) is 7.25. The lowest BCUT2D eigenvalue weighted by molar-refractivity contribution is -0.125. The second kappa shape index (κ2) is 7.90. The molecule has 0 aromatic heterocycles. The molecule has 1 heterocycles. The second-order valence-corrected chi connectivity index (χ2v) is 5.13. The van der Waals surface area contributed by atoms with E-state index >= 15 is 0 Å². The van der Waals surface area contributed by atoms with E-state index in [1.807, 2.05) is 0 Å². The number of hydrogen-bond donors (Lipinski definition) is 1. The molecule has 1 aliphatic heterocycles. The van der Waals surface area contributed by atoms with Crippen LogP contribution in [0.3, 0.4) is 0 Å². The topological polar surface area (TPSA) is 43.8 Å². The van der Waals surface area contributed by atoms with Crippen molar-refractivity contribution in [2.75, 3.05) is 39.3 Å². The lowest BCUT2D eigenvalue weighted by Crippen LogP contribution is -2.35. The van der Waals surface area contributed by atoms with Gasteiger partial charge in [0.15, 0.2) is 0 Å². The van der Waals surface area contributed by atoms with Crippen molar-refractivity contribution in [3.05, 3.63) is 41.7 Å². The number of aliphatic hydroxyl groups excluding tert-OH is 1. The summed E-state index contributed by atoms with van der Waals surface area (Å²) in [7, 11) is 0. The quantitative estimate of drug-likeness (QED) is 0.852. The zero-order valence-corrected chi connectivity index (χ0v) is 12.0. The summed E-state index contributed by atoms with van der Waals surface area (Å²) in [6.45, 7) is 3.85. The van der Waals surface area contributed by atoms with Gasteiger partial charge in [-0.1, -0.05) is 12.1 Å². The standard InChI is InChI=1S/C16H21FN2O2/c17-15-4-1-3-14(13-15)5-6-16(21)19-8-2-7-18(9-10-19)11-12-20/h1,3-6,13,20H,2,7-12H2. The Labute approximate surface area is 124 Å². The Balaban J connectivity index is 1.91. The van der Waals surface area contributed by atoms with E-state index in [1.165, 1.54) is 18.2 Å². The molecule has 1 aliphatic rings. The maximum Gasteiger partial charge on any atom is 0.246 e. The van der Waals surface area contributed by atoms with E-state index in [2.05, 4.69) is 4.90 Å². The number of hydrogen-bond acceptors (Lipinski definition) is 3. The highest BCUT2D eigenvalue weighted by Crippen LogP contribution is 2.08. The SMILES string of the molecule is O=C(C=Cc1cccc(F)c1)N1CCCN(CCO)CC1. The fourth-order valence-electron chi connectivity index (χ4n) is 2.44. The number of halogens is 1. The molecule has 0 atom stereocenters. The molecule has 1 aromatic rings. The van der Waals surface area contributed by atoms with Gasteiger partial charge in [0, 0.05) is 32.3 Å². The Morgan fingerprint density at radius 3 is 2.90 bits per heavy atom. The van der Waals surface area contributed by atoms with Crippen LogP contribution in [0.25, 0.3) is 6.08 Å². The van der Waals surface area contributed by atoms with E-state index in [-0.39, 0.29) is 18.3 Å². The zero-order valence-electron chi connectivity index (χ0n) is 12.0. The van der Waals surface area contributed by atoms with Crippen LogP contribution in [0.2, 0.25) is 0 Å². The molecule has 21 heavy (non-hydrogen) atoms. The molecule has 0 bridgehead atoms. The van der Waals surface area contributed by atoms with Crippen molar-refractivity contribution in [1.82, 2.24) is 9.80 Å². The summed E-state index contributed by atoms with van der Waals surface area (Å²) < 4.78 is 13.1. The fourth-order valence-corrected chi connectivity index (χ4v) is 2.44. The average Bonchev–Trinajstić information content (AvgIpc) is 2.71. The average molecular weight is 292 g/mol. The van der Waals surface area contributed by atoms with Crippen molar-refractivity contribution in [3.8, 4) is 0 Å². The summed E-state index contributed by atoms with van der Waals surface area (Å²) in [5.74, 6) is -0.357. The van der Waals surface area contributed by atoms with E-state index in [4.69, 9.17) is 5.11 Å². The minimum Gasteiger partial charge on any atom is -0.395 e. The molecule has 1 saturated heterocycles. The predicted molar refractivity (Wildman–Crippen MR) is 80.2 cm³/mol. The summed E-state index contributed by atoms with van der Waals surface area (Å²) in [6.07, 6.45) is 4.04. The molecule has 1 aromatic carbocycles. The smallest absolute Gasteiger partial charge is 0.246 e. The number of carbonyl (C=O) groups excluding carboxylic acids is 1. The summed E-state index contributed by atoms with van der Waals surface area (Å²) in [4.78, 5) is 16.1. The maximum atomic E-state index is 13.1. The second-order valence-electron chi connectivity index (χ2n) is 5.13. The highest BCUT2D eigenvalue weighted by atomic mass is 19.1. The van der Waals surface area contributed by atoms with Crippen molar-refractivity contribution in [2.24, 2.45) is 0 Å². The fraction of sp³-hybridized carbons (Fsp3) is 0.438. The largest absolute Gasteiger partial charge is 0.395 e. The van der Waals surface area contributed by atoms with E-state index in [1.54, 1.807) is 23.1 Å². The van der Waals surface area contributed by atoms with Crippen LogP contribution in [0.1, 0.15) is 12.0 Å². The molecule has 2 rings (SSSR count). The van der Waals surface area contributed by atoms with Gasteiger partial charge >= 0.3 is 0 Å². The van der Waals surface area contributed by atoms with Crippen LogP contribution in [0, 0.1) is 5.82 Å². The molecule has 0 aliphatic carbocycles. The molecule has 0 saturated carbocycles. The number of rotatable bonds is 4. The van der Waals surface area contributed by atoms with E-state index < -0.39 is 0 Å². The van der Waals surface area contributed by atoms with Gasteiger partial charge in [-0.05, 0) is 36.7 Å². The Hall–Kier alpha value is -1.72. The van der Waals surface area contributed by atoms with Crippen LogP contribution >= 0.6 is 0 Å². The van der Waals surface area contributed by atoms with Crippen molar-refractivity contribution in [3.63, 3.8) is 0 Å². The maximum absolute atomic E-state index is 13.1. The van der Waals surface area contributed by atoms with Crippen molar-refractivity contribution >= 4 is 12.0 Å². The van der Waals surface area contributed by atoms with Crippen LogP contribution in [0.5, 0.6) is 0 Å². The summed E-state index contributed by atoms with van der Waals surface area (Å²) >= 11 is 0. The van der Waals surface area contributed by atoms with Gasteiger partial charge in [0.2, 0.25) is 5.91 Å². The molecule has 4 nitrogen and oxygen atoms in total. The minimum absolute atomic E-state index is 0.0508. The van der Waals surface area contributed by atoms with Gasteiger partial charge in [-0.3, -0.25) is 9.69 Å². The number of aliphatic hydroxyl groups is 1. The zero-order chi connectivity index (χ0) is 15.1. The van der Waals surface area contributed by atoms with Crippen molar-refractivity contribution < 1.29 is 14.3 Å². The van der Waals surface area contributed by atoms with Crippen LogP contribution < -0.4 is 0 Å². The first-order valence-electron chi connectivity index (χ1n) is 7.25. The van der Waals surface area contributed by atoms with Crippen molar-refractivity contribution in [1.29, 1.82) is 0 Å². The molecule has 1 fully saturated rings. The minimum atomic E-state index is -0.306. The molecule has 0 unspecified atom stereocenters. The number of nitrogens with zero attached hydrogens (tertiary/aromatic N) is 2. The first-order chi connectivity index (χ1) is 10.2. The van der Waals surface area contributed by atoms with Crippen LogP contribution in [0.15, 0.2) is 30.3 Å². The number of amides is 1. The summed E-state index contributed by atoms with van der Waals surface area (Å²) in [6, 6.07) is 6.16. The van der Waals surface area contributed by atoms with Gasteiger partial charge in [0.05, 0.1) is 6.61 Å². The lowest BCUT2D eigenvalue weighted by Gasteiger charge is -2.20. The molecule has 0 radical (unpaired) electrons. The Morgan fingerprint density at radius 1 is 1.29 bits per heavy atom. The third-order valence-electron chi connectivity index (χ3n) is 3.58. The highest BCUT2D eigenvalue weighted by Gasteiger charge is 2.16. The van der Waals surface area contributed by atoms with Gasteiger partial charge in [-0.15, -0.1) is 0 Å². The Morgan fingerprint density at radius 2 is 2.14 bits per heavy atom. The van der Waals surface area contributed by atoms with Gasteiger partial charge in [0.25, 0.3) is 0 Å². The summed E-state index contributed by atoms with van der Waals surface area (Å²) in [5, 5.41) is 8.95. The Bertz CT molecular complexity index is 505. The third-order valence-corrected chi connectivity index (χ3v) is 3.58. The Kier molecular flexibility index (Phi) is 5.90. The van der Waals surface area contributed by atoms with Crippen LogP contribution in [-0.4, -0.2) is 60.1 Å². The molecular formula is C16H21FN2O2. The number of benzene rings is 1. The molecule has 1 N–H and O–H groups in total. The first kappa shape index (κ1) is 15.7. The van der Waals surface area contributed by atoms with Crippen molar-refractivity contribution in [2.45, 2.75) is 6.42 Å². The molecule has 1 amide bonds. The van der Waals surface area contributed by atoms with Gasteiger partial charge in [-0.25, -0.2) is 4.39 Å². The molecule has 5 heteroatoms. The van der Waals surface area contributed by atoms with Crippen LogP contribution in [-0.2, 0) is 4.79 Å². The lowest BCUT2D eigenvalue weighted by atomic mass is 10.2. The normalized spacial score (nSPS) is 17.1. The van der Waals surface area contributed by atoms with Gasteiger partial charge in [0.1, 0.15) is 5.82 Å². The van der Waals surface area contributed by atoms with E-state index in [9.17, 15) is 9.18 Å². The molecular weight excluding hydrogens is 271 g/mol. The molecule has 114 valence electrons. The highest BCUT2D eigenvalue weighted by molar-refractivity contribution is 5.91. The van der Waals surface area contributed by atoms with E-state index in [0.717, 1.165) is 19.5 Å². The van der Waals surface area contributed by atoms with Gasteiger partial charge in [-0.2, -0.15) is 0 Å².